The summed E-state index contributed by atoms with van der Waals surface area (Å²) in [5.74, 6) is 0. The second-order valence-corrected chi connectivity index (χ2v) is 2.70. The molecule has 0 saturated carbocycles. The Hall–Kier alpha value is -0.0900. The smallest absolute Gasteiger partial charge is 0.515 e. The fourth-order valence-electron chi connectivity index (χ4n) is 0.427. The molecule has 4 heteroatoms. The van der Waals surface area contributed by atoms with E-state index in [4.69, 9.17) is 4.74 Å². The summed E-state index contributed by atoms with van der Waals surface area (Å²) in [6.07, 6.45) is -0.162. The predicted octanol–water partition coefficient (Wildman–Crippen LogP) is -1.76. The van der Waals surface area contributed by atoms with Gasteiger partial charge in [0, 0.05) is 0 Å². The van der Waals surface area contributed by atoms with Gasteiger partial charge in [-0.3, -0.25) is 0 Å². The van der Waals surface area contributed by atoms with Crippen molar-refractivity contribution < 1.29 is 31.0 Å². The largest absolute Gasteiger partial charge is 1.00 e. The van der Waals surface area contributed by atoms with Crippen molar-refractivity contribution in [1.82, 2.24) is 0 Å². The Morgan fingerprint density at radius 2 is 1.82 bits per heavy atom. The first kappa shape index (κ1) is 13.5. The molecule has 1 amide bonds. The van der Waals surface area contributed by atoms with E-state index in [1.165, 1.54) is 0 Å². The highest BCUT2D eigenvalue weighted by Gasteiger charge is 2.25. The van der Waals surface area contributed by atoms with E-state index in [9.17, 15) is 4.79 Å². The van der Waals surface area contributed by atoms with Crippen LogP contribution < -0.4 is 17.0 Å². The molecule has 0 heterocycles. The third-order valence-corrected chi connectivity index (χ3v) is 1.55. The Bertz CT molecular complexity index is 126. The van der Waals surface area contributed by atoms with Gasteiger partial charge < -0.3 is 21.7 Å². The maximum Gasteiger partial charge on any atom is 0.515 e. The summed E-state index contributed by atoms with van der Waals surface area (Å²) in [7, 11) is 3.66. The van der Waals surface area contributed by atoms with E-state index in [1.807, 2.05) is 27.9 Å². The van der Waals surface area contributed by atoms with Crippen LogP contribution in [0.3, 0.4) is 0 Å². The van der Waals surface area contributed by atoms with Gasteiger partial charge in [0.15, 0.2) is 0 Å². The van der Waals surface area contributed by atoms with Crippen LogP contribution in [0.2, 0.25) is 0 Å². The highest BCUT2D eigenvalue weighted by Crippen LogP contribution is 1.99. The van der Waals surface area contributed by atoms with Gasteiger partial charge in [0.05, 0.1) is 27.2 Å². The first-order valence-corrected chi connectivity index (χ1v) is 3.55. The summed E-state index contributed by atoms with van der Waals surface area (Å²) in [4.78, 5) is 11.0. The van der Waals surface area contributed by atoms with Crippen LogP contribution in [-0.4, -0.2) is 37.8 Å². The van der Waals surface area contributed by atoms with E-state index in [0.29, 0.717) is 11.1 Å². The van der Waals surface area contributed by atoms with Crippen molar-refractivity contribution in [2.24, 2.45) is 0 Å². The molecule has 0 spiro atoms. The molecule has 0 aromatic rings. The first-order valence-electron chi connectivity index (χ1n) is 3.55. The number of rotatable bonds is 2. The van der Waals surface area contributed by atoms with Gasteiger partial charge in [-0.25, -0.2) is 4.48 Å². The Morgan fingerprint density at radius 3 is 2.09 bits per heavy atom. The van der Waals surface area contributed by atoms with E-state index >= 15 is 0 Å². The van der Waals surface area contributed by atoms with Crippen LogP contribution in [-0.2, 0) is 4.74 Å². The van der Waals surface area contributed by atoms with Gasteiger partial charge in [0.25, 0.3) is 0 Å². The molecule has 0 aliphatic rings. The highest BCUT2D eigenvalue weighted by molar-refractivity contribution is 5.59. The molecule has 0 rings (SSSR count). The summed E-state index contributed by atoms with van der Waals surface area (Å²) in [6.45, 7) is 4.99. The van der Waals surface area contributed by atoms with Crippen LogP contribution in [0.25, 0.3) is 0 Å². The Labute approximate surface area is 78.7 Å². The number of ether oxygens (including phenoxy) is 1. The summed E-state index contributed by atoms with van der Waals surface area (Å²) < 4.78 is 5.13. The van der Waals surface area contributed by atoms with Crippen molar-refractivity contribution in [2.75, 3.05) is 27.2 Å². The second-order valence-electron chi connectivity index (χ2n) is 2.70. The molecule has 0 fully saturated rings. The van der Waals surface area contributed by atoms with Gasteiger partial charge in [-0.05, 0) is 13.8 Å². The maximum atomic E-state index is 11.0. The van der Waals surface area contributed by atoms with Gasteiger partial charge in [-0.2, -0.15) is 4.79 Å². The first-order chi connectivity index (χ1) is 4.54. The Morgan fingerprint density at radius 1 is 1.36 bits per heavy atom. The Balaban J connectivity index is 0. The summed E-state index contributed by atoms with van der Waals surface area (Å²) >= 11 is 0. The van der Waals surface area contributed by atoms with E-state index in [0.717, 1.165) is 6.54 Å². The molecular weight excluding hydrogens is 210 g/mol. The van der Waals surface area contributed by atoms with Gasteiger partial charge in [0.1, 0.15) is 0 Å². The maximum absolute atomic E-state index is 11.0. The normalized spacial score (nSPS) is 10.2. The van der Waals surface area contributed by atoms with E-state index in [2.05, 4.69) is 0 Å². The minimum Gasteiger partial charge on any atom is -1.00 e. The van der Waals surface area contributed by atoms with Gasteiger partial charge in [0.2, 0.25) is 0 Å². The lowest BCUT2D eigenvalue weighted by Gasteiger charge is -2.22. The molecule has 0 aromatic heterocycles. The Kier molecular flexibility index (Phi) is 6.81. The molecule has 0 aromatic carbocycles. The number of hydrogen-bond acceptors (Lipinski definition) is 2. The van der Waals surface area contributed by atoms with Gasteiger partial charge in [-0.15, -0.1) is 0 Å². The van der Waals surface area contributed by atoms with Gasteiger partial charge in [-0.1, -0.05) is 0 Å². The molecule has 3 nitrogen and oxygen atoms in total. The average molecular weight is 226 g/mol. The third-order valence-electron chi connectivity index (χ3n) is 1.55. The highest BCUT2D eigenvalue weighted by atomic mass is 79.9. The van der Waals surface area contributed by atoms with Crippen LogP contribution in [0.1, 0.15) is 13.8 Å². The molecule has 0 radical (unpaired) electrons. The molecule has 68 valence electrons. The minimum absolute atomic E-state index is 0. The molecule has 0 aliphatic heterocycles. The topological polar surface area (TPSA) is 26.3 Å². The van der Waals surface area contributed by atoms with E-state index in [1.54, 1.807) is 0 Å². The number of carbonyl (C=O) groups excluding carboxylic acids is 1. The number of quaternary nitrogens is 1. The molecule has 0 aliphatic carbocycles. The van der Waals surface area contributed by atoms with E-state index < -0.39 is 0 Å². The molecule has 0 unspecified atom stereocenters. The molecule has 11 heavy (non-hydrogen) atoms. The fourth-order valence-corrected chi connectivity index (χ4v) is 0.427. The molecule has 0 saturated heterocycles. The van der Waals surface area contributed by atoms with Crippen molar-refractivity contribution in [3.8, 4) is 0 Å². The standard InChI is InChI=1S/C7H16NO2.BrH/c1-5-8(3,4)7(9)10-6-2;/h5-6H2,1-4H3;1H/q+1;/p-1. The monoisotopic (exact) mass is 225 g/mol. The zero-order chi connectivity index (χ0) is 8.20. The third kappa shape index (κ3) is 4.37. The second kappa shape index (κ2) is 5.55. The molecular formula is C7H16BrNO2. The fraction of sp³-hybridized carbons (Fsp3) is 0.857. The van der Waals surface area contributed by atoms with Crippen LogP contribution in [0.4, 0.5) is 4.79 Å². The number of carbonyl (C=O) groups is 1. The average Bonchev–Trinajstić information content (AvgIpc) is 1.89. The lowest BCUT2D eigenvalue weighted by Crippen LogP contribution is -3.00. The van der Waals surface area contributed by atoms with Crippen molar-refractivity contribution in [3.63, 3.8) is 0 Å². The van der Waals surface area contributed by atoms with Crippen LogP contribution in [0.5, 0.6) is 0 Å². The number of halogens is 1. The predicted molar refractivity (Wildman–Crippen MR) is 39.7 cm³/mol. The zero-order valence-corrected chi connectivity index (χ0v) is 9.14. The molecule has 0 atom stereocenters. The number of amides is 1. The van der Waals surface area contributed by atoms with Crippen molar-refractivity contribution in [2.45, 2.75) is 13.8 Å². The lowest BCUT2D eigenvalue weighted by atomic mass is 10.5. The van der Waals surface area contributed by atoms with Crippen LogP contribution in [0.15, 0.2) is 0 Å². The summed E-state index contributed by atoms with van der Waals surface area (Å²) in [6, 6.07) is 0. The van der Waals surface area contributed by atoms with Crippen molar-refractivity contribution >= 4 is 6.09 Å². The zero-order valence-electron chi connectivity index (χ0n) is 7.56. The number of hydrogen-bond donors (Lipinski definition) is 0. The van der Waals surface area contributed by atoms with Crippen LogP contribution in [0, 0.1) is 0 Å². The lowest BCUT2D eigenvalue weighted by molar-refractivity contribution is -0.815. The van der Waals surface area contributed by atoms with Crippen molar-refractivity contribution in [1.29, 1.82) is 0 Å². The summed E-state index contributed by atoms with van der Waals surface area (Å²) in [5, 5.41) is 0. The SMILES string of the molecule is CCOC(=O)[N+](C)(C)CC.[Br-]. The molecule has 0 N–H and O–H groups in total. The quantitative estimate of drug-likeness (QED) is 0.522. The van der Waals surface area contributed by atoms with Crippen molar-refractivity contribution in [3.05, 3.63) is 0 Å². The van der Waals surface area contributed by atoms with E-state index in [-0.39, 0.29) is 23.1 Å². The minimum atomic E-state index is -0.162. The van der Waals surface area contributed by atoms with Crippen LogP contribution >= 0.6 is 0 Å². The summed E-state index contributed by atoms with van der Waals surface area (Å²) in [5.41, 5.74) is 0. The number of nitrogens with zero attached hydrogens (tertiary/aromatic N) is 1. The van der Waals surface area contributed by atoms with Gasteiger partial charge >= 0.3 is 6.09 Å². The molecule has 0 bridgehead atoms.